The Morgan fingerprint density at radius 3 is 2.27 bits per heavy atom. The van der Waals surface area contributed by atoms with Crippen molar-refractivity contribution in [2.45, 2.75) is 44.6 Å². The number of amides is 1. The number of fused-ring (bicyclic) bond motifs is 3. The van der Waals surface area contributed by atoms with Crippen molar-refractivity contribution < 1.29 is 23.5 Å². The molecule has 6 aromatic rings. The van der Waals surface area contributed by atoms with E-state index in [0.29, 0.717) is 42.7 Å². The van der Waals surface area contributed by atoms with Crippen LogP contribution >= 0.6 is 30.2 Å². The minimum Gasteiger partial charge on any atom is -0.372 e. The van der Waals surface area contributed by atoms with Crippen molar-refractivity contribution in [3.63, 3.8) is 0 Å². The molecule has 264 valence electrons. The average molecular weight is 819 g/mol. The first-order valence-electron chi connectivity index (χ1n) is 17.2. The van der Waals surface area contributed by atoms with Gasteiger partial charge in [0, 0.05) is 28.4 Å². The summed E-state index contributed by atoms with van der Waals surface area (Å²) in [5.41, 5.74) is 1.78. The van der Waals surface area contributed by atoms with Gasteiger partial charge in [-0.3, -0.25) is 13.9 Å². The van der Waals surface area contributed by atoms with E-state index in [4.69, 9.17) is 9.05 Å². The smallest absolute Gasteiger partial charge is 0.342 e. The zero-order valence-corrected chi connectivity index (χ0v) is 31.5. The number of likely N-dealkylation sites (tertiary alicyclic amines) is 1. The third-order valence-corrected chi connectivity index (χ3v) is 12.8. The van der Waals surface area contributed by atoms with Crippen LogP contribution in [0.3, 0.4) is 0 Å². The molecule has 1 aliphatic rings. The summed E-state index contributed by atoms with van der Waals surface area (Å²) < 4.78 is 29.1. The maximum atomic E-state index is 14.6. The largest absolute Gasteiger partial charge is 0.372 e. The molecule has 10 nitrogen and oxygen atoms in total. The van der Waals surface area contributed by atoms with Gasteiger partial charge in [0.1, 0.15) is 11.9 Å². The fourth-order valence-corrected chi connectivity index (χ4v) is 9.89. The normalized spacial score (nSPS) is 15.4. The minimum absolute atomic E-state index is 0.0581. The lowest BCUT2D eigenvalue weighted by atomic mass is 9.99. The number of carbonyl (C=O) groups is 1. The van der Waals surface area contributed by atoms with E-state index in [1.54, 1.807) is 18.7 Å². The molecule has 1 amide bonds. The second kappa shape index (κ2) is 14.9. The second-order valence-electron chi connectivity index (χ2n) is 12.7. The highest BCUT2D eigenvalue weighted by molar-refractivity contribution is 14.1. The Morgan fingerprint density at radius 2 is 1.57 bits per heavy atom. The van der Waals surface area contributed by atoms with Crippen LogP contribution in [0.5, 0.6) is 0 Å². The van der Waals surface area contributed by atoms with Crippen molar-refractivity contribution in [1.82, 2.24) is 14.5 Å². The lowest BCUT2D eigenvalue weighted by molar-refractivity contribution is 0.0696. The summed E-state index contributed by atoms with van der Waals surface area (Å²) in [6.45, 7) is 4.61. The summed E-state index contributed by atoms with van der Waals surface area (Å²) in [7, 11) is -3.96. The first kappa shape index (κ1) is 35.4. The number of rotatable bonds is 11. The minimum atomic E-state index is -3.96. The molecule has 0 bridgehead atoms. The van der Waals surface area contributed by atoms with E-state index in [1.165, 1.54) is 0 Å². The van der Waals surface area contributed by atoms with Crippen LogP contribution in [0.15, 0.2) is 102 Å². The SMILES string of the molecule is CCOP(=O)(OCC)C(c1cccc2ccccc12)C(O)Nc1cc2ccccc2cc1C(=O)N1CCC(n2c(=O)[nH]c3ccc(I)cc32)CC1. The van der Waals surface area contributed by atoms with Crippen LogP contribution in [0, 0.1) is 3.57 Å². The molecule has 2 heterocycles. The average Bonchev–Trinajstić information content (AvgIpc) is 3.46. The van der Waals surface area contributed by atoms with E-state index in [2.05, 4.69) is 32.9 Å². The molecular formula is C39H40IN4O6P. The summed E-state index contributed by atoms with van der Waals surface area (Å²) in [5, 5.41) is 18.8. The van der Waals surface area contributed by atoms with Gasteiger partial charge in [0.05, 0.1) is 29.8 Å². The summed E-state index contributed by atoms with van der Waals surface area (Å²) in [6, 6.07) is 30.6. The number of piperidine rings is 1. The number of aliphatic hydroxyl groups excluding tert-OH is 1. The van der Waals surface area contributed by atoms with Gasteiger partial charge >= 0.3 is 13.3 Å². The molecular weight excluding hydrogens is 778 g/mol. The molecule has 51 heavy (non-hydrogen) atoms. The van der Waals surface area contributed by atoms with Crippen LogP contribution in [-0.2, 0) is 13.6 Å². The Labute approximate surface area is 309 Å². The van der Waals surface area contributed by atoms with E-state index in [9.17, 15) is 19.3 Å². The summed E-state index contributed by atoms with van der Waals surface area (Å²) in [5.74, 6) is -0.200. The lowest BCUT2D eigenvalue weighted by Gasteiger charge is -2.34. The van der Waals surface area contributed by atoms with Gasteiger partial charge in [-0.2, -0.15) is 0 Å². The number of aromatic amines is 1. The molecule has 7 rings (SSSR count). The van der Waals surface area contributed by atoms with E-state index < -0.39 is 19.5 Å². The highest BCUT2D eigenvalue weighted by atomic mass is 127. The van der Waals surface area contributed by atoms with Gasteiger partial charge in [-0.25, -0.2) is 4.79 Å². The molecule has 5 aromatic carbocycles. The molecule has 12 heteroatoms. The molecule has 3 N–H and O–H groups in total. The zero-order chi connectivity index (χ0) is 35.7. The maximum absolute atomic E-state index is 14.6. The van der Waals surface area contributed by atoms with Crippen molar-refractivity contribution >= 4 is 74.4 Å². The van der Waals surface area contributed by atoms with Gasteiger partial charge in [0.25, 0.3) is 5.91 Å². The number of carbonyl (C=O) groups excluding carboxylic acids is 1. The van der Waals surface area contributed by atoms with Crippen molar-refractivity contribution in [1.29, 1.82) is 0 Å². The maximum Gasteiger partial charge on any atom is 0.342 e. The molecule has 0 radical (unpaired) electrons. The highest BCUT2D eigenvalue weighted by Gasteiger charge is 2.43. The number of aromatic nitrogens is 2. The molecule has 1 fully saturated rings. The van der Waals surface area contributed by atoms with Gasteiger partial charge in [-0.15, -0.1) is 0 Å². The molecule has 1 aromatic heterocycles. The van der Waals surface area contributed by atoms with E-state index in [0.717, 1.165) is 36.1 Å². The fraction of sp³-hybridized carbons (Fsp3) is 0.282. The van der Waals surface area contributed by atoms with Crippen molar-refractivity contribution in [3.8, 4) is 0 Å². The Kier molecular flexibility index (Phi) is 10.4. The van der Waals surface area contributed by atoms with Crippen LogP contribution in [0.25, 0.3) is 32.6 Å². The number of anilines is 1. The van der Waals surface area contributed by atoms with Gasteiger partial charge in [-0.05, 0) is 107 Å². The van der Waals surface area contributed by atoms with E-state index in [-0.39, 0.29) is 30.9 Å². The van der Waals surface area contributed by atoms with E-state index in [1.807, 2.05) is 102 Å². The Morgan fingerprint density at radius 1 is 0.922 bits per heavy atom. The number of hydrogen-bond donors (Lipinski definition) is 3. The predicted octanol–water partition coefficient (Wildman–Crippen LogP) is 8.46. The standard InChI is InChI=1S/C39H40IN4O6P/c1-3-49-51(48,50-4-2)36(31-15-9-13-25-10-7-8-14-30(25)31)37(45)41-34-23-27-12-6-5-11-26(27)22-32(34)38(46)43-20-18-29(19-21-43)44-35-24-28(40)16-17-33(35)42-39(44)47/h5-17,22-24,29,36-37,41,45H,3-4,18-21H2,1-2H3,(H,42,47). The van der Waals surface area contributed by atoms with Gasteiger partial charge < -0.3 is 29.4 Å². The number of halogens is 1. The Bertz CT molecular complexity index is 2320. The van der Waals surface area contributed by atoms with Crippen LogP contribution in [0.2, 0.25) is 0 Å². The van der Waals surface area contributed by atoms with Crippen LogP contribution in [-0.4, -0.2) is 58.0 Å². The summed E-state index contributed by atoms with van der Waals surface area (Å²) in [6.07, 6.45) is -0.245. The number of aliphatic hydroxyl groups is 1. The van der Waals surface area contributed by atoms with Gasteiger partial charge in [-0.1, -0.05) is 66.7 Å². The second-order valence-corrected chi connectivity index (χ2v) is 16.1. The summed E-state index contributed by atoms with van der Waals surface area (Å²) in [4.78, 5) is 32.2. The van der Waals surface area contributed by atoms with Crippen LogP contribution in [0.4, 0.5) is 5.69 Å². The number of imidazole rings is 1. The van der Waals surface area contributed by atoms with Crippen LogP contribution < -0.4 is 11.0 Å². The first-order valence-corrected chi connectivity index (χ1v) is 19.9. The Hall–Kier alpha value is -4.00. The van der Waals surface area contributed by atoms with Gasteiger partial charge in [0.15, 0.2) is 0 Å². The molecule has 1 aliphatic heterocycles. The fourth-order valence-electron chi connectivity index (χ4n) is 7.31. The molecule has 2 atom stereocenters. The number of nitrogens with zero attached hydrogens (tertiary/aromatic N) is 2. The third kappa shape index (κ3) is 6.97. The molecule has 2 unspecified atom stereocenters. The molecule has 0 saturated carbocycles. The van der Waals surface area contributed by atoms with Gasteiger partial charge in [0.2, 0.25) is 0 Å². The molecule has 0 aliphatic carbocycles. The number of benzene rings is 5. The third-order valence-electron chi connectivity index (χ3n) is 9.62. The molecule has 1 saturated heterocycles. The lowest BCUT2D eigenvalue weighted by Crippen LogP contribution is -2.41. The van der Waals surface area contributed by atoms with Crippen molar-refractivity contribution in [3.05, 3.63) is 122 Å². The predicted molar refractivity (Wildman–Crippen MR) is 211 cm³/mol. The topological polar surface area (TPSA) is 126 Å². The number of nitrogens with one attached hydrogen (secondary N) is 2. The Balaban J connectivity index is 1.23. The molecule has 0 spiro atoms. The van der Waals surface area contributed by atoms with E-state index >= 15 is 0 Å². The van der Waals surface area contributed by atoms with Crippen molar-refractivity contribution in [2.24, 2.45) is 0 Å². The highest BCUT2D eigenvalue weighted by Crippen LogP contribution is 2.63. The summed E-state index contributed by atoms with van der Waals surface area (Å²) >= 11 is 2.25. The monoisotopic (exact) mass is 818 g/mol. The zero-order valence-electron chi connectivity index (χ0n) is 28.4. The first-order chi connectivity index (χ1) is 24.7. The number of H-pyrrole nitrogens is 1. The van der Waals surface area contributed by atoms with Crippen molar-refractivity contribution in [2.75, 3.05) is 31.6 Å². The quantitative estimate of drug-likeness (QED) is 0.0681. The number of hydrogen-bond acceptors (Lipinski definition) is 7. The van der Waals surface area contributed by atoms with Crippen LogP contribution in [0.1, 0.15) is 54.3 Å².